The molecule has 1 aliphatic rings. The quantitative estimate of drug-likeness (QED) is 0.633. The van der Waals surface area contributed by atoms with E-state index in [0.717, 1.165) is 16.9 Å². The van der Waals surface area contributed by atoms with Crippen LogP contribution in [0.5, 0.6) is 5.75 Å². The highest BCUT2D eigenvalue weighted by Gasteiger charge is 2.35. The lowest BCUT2D eigenvalue weighted by molar-refractivity contribution is -0.122. The van der Waals surface area contributed by atoms with Crippen LogP contribution in [-0.4, -0.2) is 35.0 Å². The minimum absolute atomic E-state index is 0.0813. The van der Waals surface area contributed by atoms with Crippen molar-refractivity contribution >= 4 is 29.3 Å². The van der Waals surface area contributed by atoms with Gasteiger partial charge in [-0.3, -0.25) is 9.69 Å². The van der Waals surface area contributed by atoms with E-state index in [4.69, 9.17) is 17.0 Å². The first kappa shape index (κ1) is 16.2. The molecular formula is C19H18N2O2S. The van der Waals surface area contributed by atoms with Crippen LogP contribution in [0.15, 0.2) is 60.3 Å². The molecule has 24 heavy (non-hydrogen) atoms. The number of hydrogen-bond acceptors (Lipinski definition) is 3. The number of rotatable bonds is 4. The van der Waals surface area contributed by atoms with Crippen LogP contribution in [0.3, 0.4) is 0 Å². The Morgan fingerprint density at radius 2 is 1.75 bits per heavy atom. The molecular weight excluding hydrogens is 320 g/mol. The largest absolute Gasteiger partial charge is 0.497 e. The summed E-state index contributed by atoms with van der Waals surface area (Å²) in [6.45, 7) is 0.443. The molecule has 122 valence electrons. The fraction of sp³-hybridized carbons (Fsp3) is 0.158. The molecule has 3 rings (SSSR count). The molecule has 0 atom stereocenters. The van der Waals surface area contributed by atoms with Crippen molar-refractivity contribution in [1.29, 1.82) is 0 Å². The number of likely N-dealkylation sites (N-methyl/N-ethyl adjacent to an activating group) is 1. The number of carbonyl (C=O) groups is 1. The van der Waals surface area contributed by atoms with Crippen LogP contribution in [-0.2, 0) is 11.3 Å². The van der Waals surface area contributed by atoms with Crippen LogP contribution in [0, 0.1) is 0 Å². The number of thiocarbonyl (C=S) groups is 1. The van der Waals surface area contributed by atoms with Crippen molar-refractivity contribution in [2.75, 3.05) is 14.2 Å². The van der Waals surface area contributed by atoms with E-state index in [-0.39, 0.29) is 5.91 Å². The predicted molar refractivity (Wildman–Crippen MR) is 98.3 cm³/mol. The van der Waals surface area contributed by atoms with E-state index in [0.29, 0.717) is 17.4 Å². The van der Waals surface area contributed by atoms with E-state index in [9.17, 15) is 4.79 Å². The molecule has 1 saturated heterocycles. The molecule has 2 aromatic rings. The van der Waals surface area contributed by atoms with Gasteiger partial charge in [-0.25, -0.2) is 0 Å². The van der Waals surface area contributed by atoms with Gasteiger partial charge in [-0.05, 0) is 41.6 Å². The maximum Gasteiger partial charge on any atom is 0.277 e. The molecule has 1 fully saturated rings. The zero-order valence-corrected chi connectivity index (χ0v) is 14.4. The van der Waals surface area contributed by atoms with Gasteiger partial charge in [0.05, 0.1) is 13.7 Å². The molecule has 0 spiro atoms. The Balaban J connectivity index is 1.83. The van der Waals surface area contributed by atoms with Crippen LogP contribution < -0.4 is 4.74 Å². The van der Waals surface area contributed by atoms with Gasteiger partial charge in [0.15, 0.2) is 5.11 Å². The Hall–Kier alpha value is -2.66. The van der Waals surface area contributed by atoms with Crippen LogP contribution in [0.4, 0.5) is 0 Å². The van der Waals surface area contributed by atoms with Gasteiger partial charge in [-0.2, -0.15) is 0 Å². The fourth-order valence-corrected chi connectivity index (χ4v) is 2.82. The molecule has 1 amide bonds. The summed E-state index contributed by atoms with van der Waals surface area (Å²) >= 11 is 5.45. The van der Waals surface area contributed by atoms with Crippen LogP contribution in [0.1, 0.15) is 11.1 Å². The molecule has 5 heteroatoms. The van der Waals surface area contributed by atoms with Crippen molar-refractivity contribution in [2.45, 2.75) is 6.54 Å². The minimum Gasteiger partial charge on any atom is -0.497 e. The molecule has 4 nitrogen and oxygen atoms in total. The number of amides is 1. The normalized spacial score (nSPS) is 16.2. The Kier molecular flexibility index (Phi) is 4.62. The molecule has 2 aromatic carbocycles. The van der Waals surface area contributed by atoms with Gasteiger partial charge >= 0.3 is 0 Å². The number of benzene rings is 2. The summed E-state index contributed by atoms with van der Waals surface area (Å²) < 4.78 is 5.16. The summed E-state index contributed by atoms with van der Waals surface area (Å²) in [7, 11) is 3.45. The highest BCUT2D eigenvalue weighted by atomic mass is 32.1. The highest BCUT2D eigenvalue weighted by molar-refractivity contribution is 7.80. The Bertz CT molecular complexity index is 785. The van der Waals surface area contributed by atoms with Crippen LogP contribution in [0.25, 0.3) is 6.08 Å². The molecule has 0 aromatic heterocycles. The monoisotopic (exact) mass is 338 g/mol. The number of nitrogens with zero attached hydrogens (tertiary/aromatic N) is 2. The highest BCUT2D eigenvalue weighted by Crippen LogP contribution is 2.24. The SMILES string of the molecule is COc1ccc(CN2C(=O)/C(=C\c3ccccc3)N(C)C2=S)cc1. The smallest absolute Gasteiger partial charge is 0.277 e. The summed E-state index contributed by atoms with van der Waals surface area (Å²) in [6, 6.07) is 17.4. The lowest BCUT2D eigenvalue weighted by Crippen LogP contribution is -2.30. The number of ether oxygens (including phenoxy) is 1. The van der Waals surface area contributed by atoms with Gasteiger partial charge in [0.25, 0.3) is 5.91 Å². The summed E-state index contributed by atoms with van der Waals surface area (Å²) in [5.74, 6) is 0.707. The van der Waals surface area contributed by atoms with Gasteiger partial charge < -0.3 is 9.64 Å². The first-order valence-corrected chi connectivity index (χ1v) is 8.00. The van der Waals surface area contributed by atoms with Crippen LogP contribution in [0.2, 0.25) is 0 Å². The van der Waals surface area contributed by atoms with Gasteiger partial charge in [0, 0.05) is 7.05 Å². The van der Waals surface area contributed by atoms with Crippen molar-refractivity contribution in [3.63, 3.8) is 0 Å². The molecule has 0 radical (unpaired) electrons. The molecule has 0 unspecified atom stereocenters. The first-order valence-electron chi connectivity index (χ1n) is 7.59. The molecule has 0 saturated carbocycles. The van der Waals surface area contributed by atoms with Crippen molar-refractivity contribution < 1.29 is 9.53 Å². The number of carbonyl (C=O) groups excluding carboxylic acids is 1. The molecule has 1 heterocycles. The summed E-state index contributed by atoms with van der Waals surface area (Å²) in [5, 5.41) is 0.512. The second-order valence-corrected chi connectivity index (χ2v) is 5.89. The third kappa shape index (κ3) is 3.16. The van der Waals surface area contributed by atoms with Gasteiger partial charge in [0.2, 0.25) is 0 Å². The standard InChI is InChI=1S/C19H18N2O2S/c1-20-17(12-14-6-4-3-5-7-14)18(22)21(19(20)24)13-15-8-10-16(23-2)11-9-15/h3-12H,13H2,1-2H3/b17-12+. The van der Waals surface area contributed by atoms with E-state index in [2.05, 4.69) is 0 Å². The Labute approximate surface area is 147 Å². The van der Waals surface area contributed by atoms with E-state index >= 15 is 0 Å². The lowest BCUT2D eigenvalue weighted by atomic mass is 10.2. The Morgan fingerprint density at radius 3 is 2.38 bits per heavy atom. The average molecular weight is 338 g/mol. The first-order chi connectivity index (χ1) is 11.6. The second kappa shape index (κ2) is 6.84. The minimum atomic E-state index is -0.0813. The van der Waals surface area contributed by atoms with E-state index in [1.165, 1.54) is 0 Å². The van der Waals surface area contributed by atoms with E-state index in [1.54, 1.807) is 16.9 Å². The van der Waals surface area contributed by atoms with Crippen molar-refractivity contribution in [1.82, 2.24) is 9.80 Å². The van der Waals surface area contributed by atoms with Crippen molar-refractivity contribution in [3.8, 4) is 5.75 Å². The lowest BCUT2D eigenvalue weighted by Gasteiger charge is -2.16. The number of methoxy groups -OCH3 is 1. The maximum atomic E-state index is 12.8. The molecule has 0 N–H and O–H groups in total. The Morgan fingerprint density at radius 1 is 1.08 bits per heavy atom. The maximum absolute atomic E-state index is 12.8. The van der Waals surface area contributed by atoms with Crippen molar-refractivity contribution in [2.24, 2.45) is 0 Å². The second-order valence-electron chi connectivity index (χ2n) is 5.52. The molecule has 0 aliphatic carbocycles. The summed E-state index contributed by atoms with van der Waals surface area (Å²) in [4.78, 5) is 16.1. The average Bonchev–Trinajstić information content (AvgIpc) is 2.81. The summed E-state index contributed by atoms with van der Waals surface area (Å²) in [6.07, 6.45) is 1.86. The predicted octanol–water partition coefficient (Wildman–Crippen LogP) is 3.30. The zero-order chi connectivity index (χ0) is 17.1. The molecule has 0 bridgehead atoms. The molecule has 1 aliphatic heterocycles. The van der Waals surface area contributed by atoms with Gasteiger partial charge in [-0.15, -0.1) is 0 Å². The third-order valence-electron chi connectivity index (χ3n) is 3.95. The summed E-state index contributed by atoms with van der Waals surface area (Å²) in [5.41, 5.74) is 2.56. The van der Waals surface area contributed by atoms with E-state index in [1.807, 2.05) is 67.7 Å². The zero-order valence-electron chi connectivity index (χ0n) is 13.6. The van der Waals surface area contributed by atoms with E-state index < -0.39 is 0 Å². The fourth-order valence-electron chi connectivity index (χ4n) is 2.57. The topological polar surface area (TPSA) is 32.8 Å². The van der Waals surface area contributed by atoms with Crippen LogP contribution >= 0.6 is 12.2 Å². The van der Waals surface area contributed by atoms with Gasteiger partial charge in [0.1, 0.15) is 11.4 Å². The van der Waals surface area contributed by atoms with Gasteiger partial charge in [-0.1, -0.05) is 42.5 Å². The third-order valence-corrected chi connectivity index (χ3v) is 4.44. The number of hydrogen-bond donors (Lipinski definition) is 0. The van der Waals surface area contributed by atoms with Crippen molar-refractivity contribution in [3.05, 3.63) is 71.4 Å².